The first-order valence-corrected chi connectivity index (χ1v) is 5.83. The Labute approximate surface area is 105 Å². The Morgan fingerprint density at radius 3 is 2.83 bits per heavy atom. The molecular formula is C13H16FN3O. The van der Waals surface area contributed by atoms with Crippen molar-refractivity contribution in [2.45, 2.75) is 6.42 Å². The van der Waals surface area contributed by atoms with E-state index in [1.165, 1.54) is 12.1 Å². The number of halogens is 1. The molecule has 2 aromatic rings. The number of anilines is 1. The zero-order chi connectivity index (χ0) is 12.8. The molecule has 0 amide bonds. The third kappa shape index (κ3) is 3.07. The molecule has 0 saturated carbocycles. The zero-order valence-corrected chi connectivity index (χ0v) is 10.3. The van der Waals surface area contributed by atoms with Crippen molar-refractivity contribution in [2.75, 3.05) is 25.6 Å². The molecule has 1 aromatic heterocycles. The van der Waals surface area contributed by atoms with Gasteiger partial charge in [-0.05, 0) is 30.7 Å². The Morgan fingerprint density at radius 1 is 1.33 bits per heavy atom. The Kier molecular flexibility index (Phi) is 4.30. The first-order chi connectivity index (χ1) is 8.81. The number of ether oxygens (including phenoxy) is 1. The predicted molar refractivity (Wildman–Crippen MR) is 68.5 cm³/mol. The van der Waals surface area contributed by atoms with Crippen LogP contribution in [0.1, 0.15) is 6.42 Å². The van der Waals surface area contributed by atoms with Crippen molar-refractivity contribution >= 4 is 5.95 Å². The number of methoxy groups -OCH3 is 1. The number of benzene rings is 1. The van der Waals surface area contributed by atoms with Crippen molar-refractivity contribution in [1.29, 1.82) is 0 Å². The maximum absolute atomic E-state index is 12.9. The smallest absolute Gasteiger partial charge is 0.207 e. The molecule has 0 aliphatic heterocycles. The zero-order valence-electron chi connectivity index (χ0n) is 10.3. The highest BCUT2D eigenvalue weighted by Gasteiger charge is 2.04. The van der Waals surface area contributed by atoms with Crippen LogP contribution in [0.4, 0.5) is 10.3 Å². The quantitative estimate of drug-likeness (QED) is 0.799. The number of hydrogen-bond donors (Lipinski definition) is 1. The monoisotopic (exact) mass is 249 g/mol. The fraction of sp³-hybridized carbons (Fsp3) is 0.308. The lowest BCUT2D eigenvalue weighted by molar-refractivity contribution is 0.197. The van der Waals surface area contributed by atoms with Crippen molar-refractivity contribution in [2.24, 2.45) is 0 Å². The normalized spacial score (nSPS) is 10.6. The summed E-state index contributed by atoms with van der Waals surface area (Å²) in [6.07, 6.45) is 4.46. The third-order valence-electron chi connectivity index (χ3n) is 2.55. The molecular weight excluding hydrogens is 233 g/mol. The minimum absolute atomic E-state index is 0.242. The van der Waals surface area contributed by atoms with Gasteiger partial charge in [-0.2, -0.15) is 0 Å². The molecule has 18 heavy (non-hydrogen) atoms. The van der Waals surface area contributed by atoms with Crippen LogP contribution in [-0.4, -0.2) is 29.8 Å². The summed E-state index contributed by atoms with van der Waals surface area (Å²) in [6.45, 7) is 1.50. The summed E-state index contributed by atoms with van der Waals surface area (Å²) in [6, 6.07) is 6.31. The van der Waals surface area contributed by atoms with Gasteiger partial charge in [0.25, 0.3) is 0 Å². The van der Waals surface area contributed by atoms with Gasteiger partial charge < -0.3 is 10.1 Å². The molecule has 1 N–H and O–H groups in total. The van der Waals surface area contributed by atoms with Gasteiger partial charge in [0.05, 0.1) is 0 Å². The molecule has 0 aliphatic rings. The van der Waals surface area contributed by atoms with E-state index in [-0.39, 0.29) is 5.82 Å². The van der Waals surface area contributed by atoms with E-state index in [0.29, 0.717) is 6.61 Å². The molecule has 0 saturated heterocycles. The highest BCUT2D eigenvalue weighted by molar-refractivity contribution is 5.41. The van der Waals surface area contributed by atoms with Gasteiger partial charge in [-0.1, -0.05) is 0 Å². The van der Waals surface area contributed by atoms with Gasteiger partial charge in [-0.25, -0.2) is 9.37 Å². The van der Waals surface area contributed by atoms with Gasteiger partial charge in [-0.3, -0.25) is 4.57 Å². The van der Waals surface area contributed by atoms with Crippen LogP contribution < -0.4 is 5.32 Å². The molecule has 0 bridgehead atoms. The summed E-state index contributed by atoms with van der Waals surface area (Å²) < 4.78 is 19.7. The molecule has 0 unspecified atom stereocenters. The molecule has 1 heterocycles. The largest absolute Gasteiger partial charge is 0.385 e. The fourth-order valence-corrected chi connectivity index (χ4v) is 1.66. The number of nitrogens with one attached hydrogen (secondary N) is 1. The standard InChI is InChI=1S/C13H16FN3O/c1-18-10-2-7-15-13-16-8-9-17(13)12-5-3-11(14)4-6-12/h3-6,8-9H,2,7,10H2,1H3,(H,15,16). The van der Waals surface area contributed by atoms with Crippen LogP contribution in [0.15, 0.2) is 36.7 Å². The van der Waals surface area contributed by atoms with E-state index in [0.717, 1.165) is 24.6 Å². The topological polar surface area (TPSA) is 39.1 Å². The molecule has 1 aromatic carbocycles. The van der Waals surface area contributed by atoms with Crippen LogP contribution in [0.5, 0.6) is 0 Å². The van der Waals surface area contributed by atoms with Gasteiger partial charge >= 0.3 is 0 Å². The van der Waals surface area contributed by atoms with Gasteiger partial charge in [0.2, 0.25) is 5.95 Å². The second-order valence-electron chi connectivity index (χ2n) is 3.87. The number of aromatic nitrogens is 2. The van der Waals surface area contributed by atoms with Crippen LogP contribution in [0.3, 0.4) is 0 Å². The maximum Gasteiger partial charge on any atom is 0.207 e. The molecule has 0 spiro atoms. The first-order valence-electron chi connectivity index (χ1n) is 5.83. The van der Waals surface area contributed by atoms with E-state index in [2.05, 4.69) is 10.3 Å². The summed E-state index contributed by atoms with van der Waals surface area (Å²) >= 11 is 0. The first kappa shape index (κ1) is 12.6. The van der Waals surface area contributed by atoms with E-state index >= 15 is 0 Å². The minimum atomic E-state index is -0.242. The summed E-state index contributed by atoms with van der Waals surface area (Å²) in [4.78, 5) is 4.23. The highest BCUT2D eigenvalue weighted by atomic mass is 19.1. The fourth-order valence-electron chi connectivity index (χ4n) is 1.66. The molecule has 0 radical (unpaired) electrons. The lowest BCUT2D eigenvalue weighted by Crippen LogP contribution is -2.09. The Hall–Kier alpha value is -1.88. The number of rotatable bonds is 6. The van der Waals surface area contributed by atoms with Crippen molar-refractivity contribution in [3.8, 4) is 5.69 Å². The summed E-state index contributed by atoms with van der Waals surface area (Å²) in [7, 11) is 1.68. The summed E-state index contributed by atoms with van der Waals surface area (Å²) in [5.74, 6) is 0.506. The van der Waals surface area contributed by atoms with Crippen LogP contribution in [-0.2, 0) is 4.74 Å². The summed E-state index contributed by atoms with van der Waals surface area (Å²) in [5, 5.41) is 3.22. The van der Waals surface area contributed by atoms with Gasteiger partial charge in [0.1, 0.15) is 5.82 Å². The second kappa shape index (κ2) is 6.16. The third-order valence-corrected chi connectivity index (χ3v) is 2.55. The van der Waals surface area contributed by atoms with E-state index in [9.17, 15) is 4.39 Å². The molecule has 0 fully saturated rings. The van der Waals surface area contributed by atoms with Crippen molar-refractivity contribution in [3.63, 3.8) is 0 Å². The van der Waals surface area contributed by atoms with Crippen molar-refractivity contribution < 1.29 is 9.13 Å². The molecule has 5 heteroatoms. The van der Waals surface area contributed by atoms with E-state index in [1.807, 2.05) is 10.8 Å². The lowest BCUT2D eigenvalue weighted by atomic mass is 10.3. The molecule has 4 nitrogen and oxygen atoms in total. The van der Waals surface area contributed by atoms with E-state index in [1.54, 1.807) is 25.4 Å². The van der Waals surface area contributed by atoms with Crippen LogP contribution >= 0.6 is 0 Å². The average Bonchev–Trinajstić information content (AvgIpc) is 2.84. The maximum atomic E-state index is 12.9. The second-order valence-corrected chi connectivity index (χ2v) is 3.87. The van der Waals surface area contributed by atoms with Gasteiger partial charge in [0, 0.05) is 38.3 Å². The number of hydrogen-bond acceptors (Lipinski definition) is 3. The SMILES string of the molecule is COCCCNc1nccn1-c1ccc(F)cc1. The Balaban J connectivity index is 2.05. The average molecular weight is 249 g/mol. The Morgan fingerprint density at radius 2 is 2.11 bits per heavy atom. The van der Waals surface area contributed by atoms with Crippen LogP contribution in [0, 0.1) is 5.82 Å². The highest BCUT2D eigenvalue weighted by Crippen LogP contribution is 2.14. The van der Waals surface area contributed by atoms with Crippen molar-refractivity contribution in [3.05, 3.63) is 42.5 Å². The molecule has 0 aliphatic carbocycles. The number of imidazole rings is 1. The lowest BCUT2D eigenvalue weighted by Gasteiger charge is -2.09. The molecule has 2 rings (SSSR count). The van der Waals surface area contributed by atoms with Crippen LogP contribution in [0.2, 0.25) is 0 Å². The predicted octanol–water partition coefficient (Wildman–Crippen LogP) is 2.46. The molecule has 96 valence electrons. The van der Waals surface area contributed by atoms with E-state index in [4.69, 9.17) is 4.74 Å². The van der Waals surface area contributed by atoms with Gasteiger partial charge in [0.15, 0.2) is 0 Å². The number of nitrogens with zero attached hydrogens (tertiary/aromatic N) is 2. The Bertz CT molecular complexity index is 481. The van der Waals surface area contributed by atoms with Crippen molar-refractivity contribution in [1.82, 2.24) is 9.55 Å². The minimum Gasteiger partial charge on any atom is -0.385 e. The molecule has 0 atom stereocenters. The van der Waals surface area contributed by atoms with Gasteiger partial charge in [-0.15, -0.1) is 0 Å². The van der Waals surface area contributed by atoms with Crippen LogP contribution in [0.25, 0.3) is 5.69 Å². The summed E-state index contributed by atoms with van der Waals surface area (Å²) in [5.41, 5.74) is 0.878. The van der Waals surface area contributed by atoms with E-state index < -0.39 is 0 Å².